The van der Waals surface area contributed by atoms with Crippen LogP contribution in [-0.2, 0) is 11.2 Å². The first-order valence-corrected chi connectivity index (χ1v) is 12.7. The van der Waals surface area contributed by atoms with Gasteiger partial charge < -0.3 is 20.9 Å². The number of aromatic nitrogens is 4. The molecule has 0 aliphatic heterocycles. The lowest BCUT2D eigenvalue weighted by molar-refractivity contribution is -0.121. The van der Waals surface area contributed by atoms with Crippen molar-refractivity contribution in [1.82, 2.24) is 29.8 Å². The lowest BCUT2D eigenvalue weighted by Gasteiger charge is -2.33. The van der Waals surface area contributed by atoms with Gasteiger partial charge in [0.15, 0.2) is 5.65 Å². The van der Waals surface area contributed by atoms with Gasteiger partial charge in [0.05, 0.1) is 6.20 Å². The SMILES string of the molecule is CCC(=O)NC1CCCC(Nc2nc(NC3CCC(N(C)C)CC3)nc3c(CC)cnn23)C1. The van der Waals surface area contributed by atoms with Crippen molar-refractivity contribution >= 4 is 23.5 Å². The van der Waals surface area contributed by atoms with Crippen LogP contribution in [0.15, 0.2) is 6.20 Å². The minimum atomic E-state index is 0.125. The van der Waals surface area contributed by atoms with Gasteiger partial charge in [0.1, 0.15) is 0 Å². The molecule has 3 N–H and O–H groups in total. The predicted octanol–water partition coefficient (Wildman–Crippen LogP) is 3.22. The molecule has 33 heavy (non-hydrogen) atoms. The molecule has 182 valence electrons. The van der Waals surface area contributed by atoms with E-state index in [1.165, 1.54) is 12.8 Å². The van der Waals surface area contributed by atoms with Crippen LogP contribution < -0.4 is 16.0 Å². The molecule has 2 fully saturated rings. The molecular weight excluding hydrogens is 416 g/mol. The summed E-state index contributed by atoms with van der Waals surface area (Å²) < 4.78 is 1.83. The van der Waals surface area contributed by atoms with Gasteiger partial charge in [0.25, 0.3) is 0 Å². The standard InChI is InChI=1S/C24H40N8O/c1-5-16-15-25-32-22(16)29-23(27-17-10-12-20(13-11-17)31(3)4)30-24(32)28-19-9-7-8-18(14-19)26-21(33)6-2/h15,17-20H,5-14H2,1-4H3,(H,26,33)(H2,27,28,29,30). The number of hydrogen-bond acceptors (Lipinski definition) is 7. The Bertz CT molecular complexity index is 934. The van der Waals surface area contributed by atoms with Gasteiger partial charge in [-0.3, -0.25) is 4.79 Å². The minimum absolute atomic E-state index is 0.125. The third kappa shape index (κ3) is 5.75. The van der Waals surface area contributed by atoms with Gasteiger partial charge in [-0.1, -0.05) is 13.8 Å². The summed E-state index contributed by atoms with van der Waals surface area (Å²) in [5.41, 5.74) is 1.99. The maximum absolute atomic E-state index is 11.9. The van der Waals surface area contributed by atoms with Crippen molar-refractivity contribution in [2.75, 3.05) is 24.7 Å². The average molecular weight is 457 g/mol. The van der Waals surface area contributed by atoms with E-state index in [0.29, 0.717) is 24.5 Å². The predicted molar refractivity (Wildman–Crippen MR) is 132 cm³/mol. The van der Waals surface area contributed by atoms with Gasteiger partial charge in [-0.15, -0.1) is 0 Å². The molecule has 9 nitrogen and oxygen atoms in total. The highest BCUT2D eigenvalue weighted by molar-refractivity contribution is 5.75. The molecule has 2 atom stereocenters. The summed E-state index contributed by atoms with van der Waals surface area (Å²) in [6, 6.07) is 1.52. The lowest BCUT2D eigenvalue weighted by atomic mass is 9.90. The van der Waals surface area contributed by atoms with Crippen LogP contribution in [0, 0.1) is 0 Å². The molecule has 4 rings (SSSR count). The number of rotatable bonds is 8. The van der Waals surface area contributed by atoms with Crippen LogP contribution >= 0.6 is 0 Å². The quantitative estimate of drug-likeness (QED) is 0.561. The zero-order valence-electron chi connectivity index (χ0n) is 20.6. The second-order valence-corrected chi connectivity index (χ2v) is 9.87. The van der Waals surface area contributed by atoms with Crippen molar-refractivity contribution in [3.8, 4) is 0 Å². The minimum Gasteiger partial charge on any atom is -0.353 e. The summed E-state index contributed by atoms with van der Waals surface area (Å²) in [7, 11) is 4.34. The van der Waals surface area contributed by atoms with E-state index < -0.39 is 0 Å². The zero-order chi connectivity index (χ0) is 23.4. The van der Waals surface area contributed by atoms with Crippen molar-refractivity contribution in [2.24, 2.45) is 0 Å². The normalized spacial score (nSPS) is 25.8. The first-order chi connectivity index (χ1) is 16.0. The van der Waals surface area contributed by atoms with Crippen molar-refractivity contribution in [3.63, 3.8) is 0 Å². The van der Waals surface area contributed by atoms with Crippen LogP contribution in [0.5, 0.6) is 0 Å². The molecule has 2 aliphatic rings. The molecule has 2 unspecified atom stereocenters. The zero-order valence-corrected chi connectivity index (χ0v) is 20.6. The topological polar surface area (TPSA) is 99.5 Å². The third-order valence-electron chi connectivity index (χ3n) is 7.28. The number of anilines is 2. The Balaban J connectivity index is 1.50. The number of amides is 1. The van der Waals surface area contributed by atoms with Gasteiger partial charge >= 0.3 is 0 Å². The number of aryl methyl sites for hydroxylation is 1. The average Bonchev–Trinajstić information content (AvgIpc) is 3.23. The maximum atomic E-state index is 11.9. The van der Waals surface area contributed by atoms with E-state index in [1.54, 1.807) is 0 Å². The smallest absolute Gasteiger partial charge is 0.229 e. The van der Waals surface area contributed by atoms with Crippen LogP contribution in [0.25, 0.3) is 5.65 Å². The fraction of sp³-hybridized carbons (Fsp3) is 0.750. The molecule has 2 saturated carbocycles. The second kappa shape index (κ2) is 10.7. The largest absolute Gasteiger partial charge is 0.353 e. The number of hydrogen-bond donors (Lipinski definition) is 3. The molecule has 2 heterocycles. The molecule has 2 aromatic heterocycles. The molecule has 0 saturated heterocycles. The van der Waals surface area contributed by atoms with Crippen LogP contribution in [0.3, 0.4) is 0 Å². The molecular formula is C24H40N8O. The molecule has 0 aromatic carbocycles. The molecule has 1 amide bonds. The molecule has 0 spiro atoms. The number of nitrogens with one attached hydrogen (secondary N) is 3. The van der Waals surface area contributed by atoms with Gasteiger partial charge in [-0.05, 0) is 71.9 Å². The van der Waals surface area contributed by atoms with Crippen molar-refractivity contribution in [2.45, 2.75) is 102 Å². The van der Waals surface area contributed by atoms with Gasteiger partial charge in [-0.25, -0.2) is 0 Å². The Labute approximate surface area is 197 Å². The van der Waals surface area contributed by atoms with Crippen molar-refractivity contribution < 1.29 is 4.79 Å². The Kier molecular flexibility index (Phi) is 7.67. The Morgan fingerprint density at radius 1 is 1.03 bits per heavy atom. The van der Waals surface area contributed by atoms with E-state index in [-0.39, 0.29) is 18.0 Å². The summed E-state index contributed by atoms with van der Waals surface area (Å²) in [6.45, 7) is 4.03. The maximum Gasteiger partial charge on any atom is 0.229 e. The summed E-state index contributed by atoms with van der Waals surface area (Å²) in [4.78, 5) is 23.9. The highest BCUT2D eigenvalue weighted by Crippen LogP contribution is 2.26. The first kappa shape index (κ1) is 23.7. The van der Waals surface area contributed by atoms with Crippen LogP contribution in [0.1, 0.15) is 77.2 Å². The first-order valence-electron chi connectivity index (χ1n) is 12.7. The van der Waals surface area contributed by atoms with E-state index in [2.05, 4.69) is 47.0 Å². The van der Waals surface area contributed by atoms with E-state index in [0.717, 1.165) is 62.1 Å². The highest BCUT2D eigenvalue weighted by Gasteiger charge is 2.26. The number of fused-ring (bicyclic) bond motifs is 1. The Hall–Kier alpha value is -2.42. The molecule has 0 radical (unpaired) electrons. The molecule has 0 bridgehead atoms. The van der Waals surface area contributed by atoms with E-state index in [4.69, 9.17) is 9.97 Å². The number of carbonyl (C=O) groups is 1. The molecule has 9 heteroatoms. The monoisotopic (exact) mass is 456 g/mol. The van der Waals surface area contributed by atoms with Crippen LogP contribution in [-0.4, -0.2) is 68.7 Å². The second-order valence-electron chi connectivity index (χ2n) is 9.87. The fourth-order valence-corrected chi connectivity index (χ4v) is 5.21. The number of nitrogens with zero attached hydrogens (tertiary/aromatic N) is 5. The summed E-state index contributed by atoms with van der Waals surface area (Å²) in [5.74, 6) is 1.54. The van der Waals surface area contributed by atoms with Gasteiger partial charge in [0, 0.05) is 36.2 Å². The summed E-state index contributed by atoms with van der Waals surface area (Å²) in [5, 5.41) is 15.0. The number of carbonyl (C=O) groups excluding carboxylic acids is 1. The summed E-state index contributed by atoms with van der Waals surface area (Å²) in [6.07, 6.45) is 12.0. The van der Waals surface area contributed by atoms with Crippen LogP contribution in [0.4, 0.5) is 11.9 Å². The third-order valence-corrected chi connectivity index (χ3v) is 7.28. The van der Waals surface area contributed by atoms with Gasteiger partial charge in [-0.2, -0.15) is 19.6 Å². The highest BCUT2D eigenvalue weighted by atomic mass is 16.1. The lowest BCUT2D eigenvalue weighted by Crippen LogP contribution is -2.42. The molecule has 2 aliphatic carbocycles. The van der Waals surface area contributed by atoms with Gasteiger partial charge in [0.2, 0.25) is 17.8 Å². The van der Waals surface area contributed by atoms with E-state index in [1.807, 2.05) is 17.6 Å². The Morgan fingerprint density at radius 3 is 2.48 bits per heavy atom. The van der Waals surface area contributed by atoms with Crippen LogP contribution in [0.2, 0.25) is 0 Å². The Morgan fingerprint density at radius 2 is 1.79 bits per heavy atom. The van der Waals surface area contributed by atoms with Crippen molar-refractivity contribution in [1.29, 1.82) is 0 Å². The molecule has 2 aromatic rings. The summed E-state index contributed by atoms with van der Waals surface area (Å²) >= 11 is 0. The van der Waals surface area contributed by atoms with Crippen molar-refractivity contribution in [3.05, 3.63) is 11.8 Å². The fourth-order valence-electron chi connectivity index (χ4n) is 5.21. The van der Waals surface area contributed by atoms with E-state index in [9.17, 15) is 4.79 Å². The van der Waals surface area contributed by atoms with E-state index >= 15 is 0 Å².